The minimum Gasteiger partial charge on any atom is -0.306 e. The van der Waals surface area contributed by atoms with Crippen molar-refractivity contribution in [2.24, 2.45) is 5.10 Å². The highest BCUT2D eigenvalue weighted by molar-refractivity contribution is 5.84. The van der Waals surface area contributed by atoms with E-state index in [0.717, 1.165) is 19.4 Å². The molecule has 70 valence electrons. The zero-order valence-electron chi connectivity index (χ0n) is 8.27. The standard InChI is InChI=1S/C10H20N2/c1-4-7-10(8-5-2)12-11-9-6-3/h6,11H,3-5,7-9H2,1-2H3. The van der Waals surface area contributed by atoms with Crippen LogP contribution in [0.2, 0.25) is 0 Å². The van der Waals surface area contributed by atoms with Crippen molar-refractivity contribution < 1.29 is 0 Å². The number of hydrogen-bond donors (Lipinski definition) is 1. The second-order valence-corrected chi connectivity index (χ2v) is 2.83. The van der Waals surface area contributed by atoms with E-state index in [2.05, 4.69) is 31.0 Å². The Bertz CT molecular complexity index is 131. The van der Waals surface area contributed by atoms with E-state index in [1.54, 1.807) is 0 Å². The van der Waals surface area contributed by atoms with Crippen molar-refractivity contribution in [2.45, 2.75) is 39.5 Å². The molecule has 0 aromatic carbocycles. The lowest BCUT2D eigenvalue weighted by Crippen LogP contribution is -2.10. The van der Waals surface area contributed by atoms with Crippen molar-refractivity contribution in [3.05, 3.63) is 12.7 Å². The van der Waals surface area contributed by atoms with Gasteiger partial charge in [0.2, 0.25) is 0 Å². The van der Waals surface area contributed by atoms with Gasteiger partial charge in [-0.3, -0.25) is 0 Å². The highest BCUT2D eigenvalue weighted by Crippen LogP contribution is 1.99. The lowest BCUT2D eigenvalue weighted by atomic mass is 10.1. The molecule has 1 N–H and O–H groups in total. The maximum Gasteiger partial charge on any atom is 0.0507 e. The Morgan fingerprint density at radius 1 is 1.33 bits per heavy atom. The first kappa shape index (κ1) is 11.2. The Hall–Kier alpha value is -0.790. The summed E-state index contributed by atoms with van der Waals surface area (Å²) < 4.78 is 0. The van der Waals surface area contributed by atoms with Gasteiger partial charge < -0.3 is 5.43 Å². The Balaban J connectivity index is 3.72. The van der Waals surface area contributed by atoms with Crippen molar-refractivity contribution in [2.75, 3.05) is 6.54 Å². The number of hydrazone groups is 1. The SMILES string of the molecule is C=CCNN=C(CCC)CCC. The van der Waals surface area contributed by atoms with Crippen LogP contribution in [0.15, 0.2) is 17.8 Å². The van der Waals surface area contributed by atoms with Crippen LogP contribution in [-0.2, 0) is 0 Å². The molecule has 0 amide bonds. The molecule has 0 unspecified atom stereocenters. The van der Waals surface area contributed by atoms with E-state index in [0.29, 0.717) is 0 Å². The van der Waals surface area contributed by atoms with Gasteiger partial charge in [0.05, 0.1) is 6.54 Å². The molecule has 12 heavy (non-hydrogen) atoms. The second kappa shape index (κ2) is 8.31. The van der Waals surface area contributed by atoms with Gasteiger partial charge in [0, 0.05) is 5.71 Å². The van der Waals surface area contributed by atoms with E-state index in [1.807, 2.05) is 6.08 Å². The van der Waals surface area contributed by atoms with Crippen LogP contribution in [0.5, 0.6) is 0 Å². The van der Waals surface area contributed by atoms with Crippen LogP contribution < -0.4 is 5.43 Å². The number of rotatable bonds is 7. The van der Waals surface area contributed by atoms with Gasteiger partial charge >= 0.3 is 0 Å². The molecule has 2 nitrogen and oxygen atoms in total. The smallest absolute Gasteiger partial charge is 0.0507 e. The monoisotopic (exact) mass is 168 g/mol. The van der Waals surface area contributed by atoms with Crippen LogP contribution in [0.25, 0.3) is 0 Å². The molecule has 2 heteroatoms. The molecule has 0 bridgehead atoms. The maximum atomic E-state index is 4.29. The van der Waals surface area contributed by atoms with E-state index < -0.39 is 0 Å². The number of nitrogens with zero attached hydrogens (tertiary/aromatic N) is 1. The zero-order valence-corrected chi connectivity index (χ0v) is 8.27. The molecule has 0 fully saturated rings. The molecule has 0 saturated heterocycles. The summed E-state index contributed by atoms with van der Waals surface area (Å²) >= 11 is 0. The molecule has 0 saturated carbocycles. The van der Waals surface area contributed by atoms with Crippen LogP contribution >= 0.6 is 0 Å². The van der Waals surface area contributed by atoms with Crippen molar-refractivity contribution in [3.63, 3.8) is 0 Å². The summed E-state index contributed by atoms with van der Waals surface area (Å²) in [6.45, 7) is 8.74. The van der Waals surface area contributed by atoms with Gasteiger partial charge in [-0.2, -0.15) is 5.10 Å². The van der Waals surface area contributed by atoms with Gasteiger partial charge in [0.1, 0.15) is 0 Å². The van der Waals surface area contributed by atoms with E-state index >= 15 is 0 Å². The molecule has 0 aliphatic heterocycles. The molecule has 0 rings (SSSR count). The predicted octanol–water partition coefficient (Wildman–Crippen LogP) is 2.72. The molecule has 0 aliphatic rings. The van der Waals surface area contributed by atoms with Crippen LogP contribution in [0.4, 0.5) is 0 Å². The largest absolute Gasteiger partial charge is 0.306 e. The second-order valence-electron chi connectivity index (χ2n) is 2.83. The fourth-order valence-electron chi connectivity index (χ4n) is 1.04. The van der Waals surface area contributed by atoms with Crippen LogP contribution in [0, 0.1) is 0 Å². The molecule has 0 heterocycles. The fourth-order valence-corrected chi connectivity index (χ4v) is 1.04. The summed E-state index contributed by atoms with van der Waals surface area (Å²) in [5.41, 5.74) is 4.25. The summed E-state index contributed by atoms with van der Waals surface area (Å²) in [4.78, 5) is 0. The maximum absolute atomic E-state index is 4.29. The Morgan fingerprint density at radius 2 is 1.92 bits per heavy atom. The average Bonchev–Trinajstić information content (AvgIpc) is 2.06. The summed E-state index contributed by atoms with van der Waals surface area (Å²) in [5.74, 6) is 0. The lowest BCUT2D eigenvalue weighted by molar-refractivity contribution is 0.795. The summed E-state index contributed by atoms with van der Waals surface area (Å²) in [6.07, 6.45) is 6.39. The zero-order chi connectivity index (χ0) is 9.23. The minimum absolute atomic E-state index is 0.761. The highest BCUT2D eigenvalue weighted by Gasteiger charge is 1.95. The van der Waals surface area contributed by atoms with Crippen molar-refractivity contribution in [1.82, 2.24) is 5.43 Å². The molecule has 0 aromatic heterocycles. The van der Waals surface area contributed by atoms with E-state index in [1.165, 1.54) is 18.6 Å². The van der Waals surface area contributed by atoms with Crippen molar-refractivity contribution >= 4 is 5.71 Å². The predicted molar refractivity (Wildman–Crippen MR) is 55.5 cm³/mol. The van der Waals surface area contributed by atoms with Crippen molar-refractivity contribution in [3.8, 4) is 0 Å². The molecule has 0 radical (unpaired) electrons. The Labute approximate surface area is 75.7 Å². The first-order chi connectivity index (χ1) is 5.85. The molecule has 0 spiro atoms. The lowest BCUT2D eigenvalue weighted by Gasteiger charge is -2.03. The Kier molecular flexibility index (Phi) is 7.76. The average molecular weight is 168 g/mol. The van der Waals surface area contributed by atoms with Crippen LogP contribution in [0.3, 0.4) is 0 Å². The molecular formula is C10H20N2. The highest BCUT2D eigenvalue weighted by atomic mass is 15.3. The van der Waals surface area contributed by atoms with Gasteiger partial charge in [-0.05, 0) is 12.8 Å². The molecule has 0 aliphatic carbocycles. The van der Waals surface area contributed by atoms with Gasteiger partial charge in [0.25, 0.3) is 0 Å². The van der Waals surface area contributed by atoms with Gasteiger partial charge in [-0.1, -0.05) is 32.8 Å². The summed E-state index contributed by atoms with van der Waals surface area (Å²) in [7, 11) is 0. The Morgan fingerprint density at radius 3 is 2.33 bits per heavy atom. The van der Waals surface area contributed by atoms with Gasteiger partial charge in [0.15, 0.2) is 0 Å². The molecular weight excluding hydrogens is 148 g/mol. The van der Waals surface area contributed by atoms with E-state index in [4.69, 9.17) is 0 Å². The molecule has 0 aromatic rings. The quantitative estimate of drug-likeness (QED) is 0.269. The van der Waals surface area contributed by atoms with Gasteiger partial charge in [-0.15, -0.1) is 6.58 Å². The van der Waals surface area contributed by atoms with Gasteiger partial charge in [-0.25, -0.2) is 0 Å². The van der Waals surface area contributed by atoms with Crippen molar-refractivity contribution in [1.29, 1.82) is 0 Å². The first-order valence-electron chi connectivity index (χ1n) is 4.74. The summed E-state index contributed by atoms with van der Waals surface area (Å²) in [5, 5.41) is 4.29. The molecule has 0 atom stereocenters. The minimum atomic E-state index is 0.761. The summed E-state index contributed by atoms with van der Waals surface area (Å²) in [6, 6.07) is 0. The third-order valence-electron chi connectivity index (χ3n) is 1.55. The van der Waals surface area contributed by atoms with Crippen LogP contribution in [-0.4, -0.2) is 12.3 Å². The first-order valence-corrected chi connectivity index (χ1v) is 4.74. The topological polar surface area (TPSA) is 24.4 Å². The van der Waals surface area contributed by atoms with E-state index in [9.17, 15) is 0 Å². The number of hydrogen-bond acceptors (Lipinski definition) is 2. The fraction of sp³-hybridized carbons (Fsp3) is 0.700. The third kappa shape index (κ3) is 5.96. The number of nitrogens with one attached hydrogen (secondary N) is 1. The van der Waals surface area contributed by atoms with Crippen LogP contribution in [0.1, 0.15) is 39.5 Å². The van der Waals surface area contributed by atoms with E-state index in [-0.39, 0.29) is 0 Å². The normalized spacial score (nSPS) is 9.17. The third-order valence-corrected chi connectivity index (χ3v) is 1.55.